The van der Waals surface area contributed by atoms with E-state index in [1.54, 1.807) is 63.7 Å². The molecule has 1 amide bonds. The lowest BCUT2D eigenvalue weighted by atomic mass is 9.80. The van der Waals surface area contributed by atoms with Crippen molar-refractivity contribution in [1.29, 1.82) is 0 Å². The molecule has 2 heterocycles. The summed E-state index contributed by atoms with van der Waals surface area (Å²) < 4.78 is 38.5. The fourth-order valence-electron chi connectivity index (χ4n) is 6.87. The molecule has 0 saturated carbocycles. The number of carbonyl (C=O) groups excluding carboxylic acids is 1. The summed E-state index contributed by atoms with van der Waals surface area (Å²) in [6.45, 7) is 5.67. The van der Waals surface area contributed by atoms with Gasteiger partial charge in [-0.15, -0.1) is 6.58 Å². The summed E-state index contributed by atoms with van der Waals surface area (Å²) in [6, 6.07) is 33.6. The van der Waals surface area contributed by atoms with Crippen LogP contribution in [0.3, 0.4) is 0 Å². The van der Waals surface area contributed by atoms with Gasteiger partial charge in [-0.3, -0.25) is 14.9 Å². The van der Waals surface area contributed by atoms with Gasteiger partial charge in [-0.2, -0.15) is 4.98 Å². The Kier molecular flexibility index (Phi) is 14.0. The number of ether oxygens (including phenoxy) is 5. The standard InChI is InChI=1S/C43H47N4O9P/c1-5-6-13-26-53-38-37(56-57(44)50)36(55-41(38)47-27-29(2)39(46-42(47)49)45-40(48)30-14-9-7-10-15-30)28-54-43(31-16-11-8-12-17-31,32-18-22-34(51-3)23-19-32)33-20-24-35(52-4)25-21-33/h5,7-12,14-25,27,36-38,41,50H,1,6,13,26,28,44H2,2-4H3,(H,45,46,48,49)/t36-,37-,38-,41-,57?/m1/s1. The molecule has 0 bridgehead atoms. The molecular weight excluding hydrogens is 747 g/mol. The summed E-state index contributed by atoms with van der Waals surface area (Å²) >= 11 is 0. The van der Waals surface area contributed by atoms with Crippen molar-refractivity contribution in [3.63, 3.8) is 0 Å². The first-order valence-corrected chi connectivity index (χ1v) is 19.7. The van der Waals surface area contributed by atoms with Crippen molar-refractivity contribution >= 4 is 20.3 Å². The van der Waals surface area contributed by atoms with Crippen molar-refractivity contribution < 1.29 is 37.9 Å². The van der Waals surface area contributed by atoms with Crippen LogP contribution < -0.4 is 26.0 Å². The van der Waals surface area contributed by atoms with Gasteiger partial charge in [0.2, 0.25) is 0 Å². The van der Waals surface area contributed by atoms with Crippen LogP contribution in [0.15, 0.2) is 133 Å². The zero-order chi connectivity index (χ0) is 40.4. The van der Waals surface area contributed by atoms with Crippen LogP contribution in [-0.2, 0) is 24.3 Å². The molecule has 57 heavy (non-hydrogen) atoms. The predicted molar refractivity (Wildman–Crippen MR) is 217 cm³/mol. The van der Waals surface area contributed by atoms with E-state index in [2.05, 4.69) is 16.9 Å². The Balaban J connectivity index is 1.40. The van der Waals surface area contributed by atoms with Gasteiger partial charge in [-0.1, -0.05) is 78.9 Å². The first kappa shape index (κ1) is 41.4. The number of aryl methyl sites for hydroxylation is 1. The second kappa shape index (κ2) is 19.3. The summed E-state index contributed by atoms with van der Waals surface area (Å²) in [4.78, 5) is 41.5. The highest BCUT2D eigenvalue weighted by Gasteiger charge is 2.50. The maximum atomic E-state index is 13.8. The summed E-state index contributed by atoms with van der Waals surface area (Å²) in [6.07, 6.45) is 0.682. The summed E-state index contributed by atoms with van der Waals surface area (Å²) in [7, 11) is 0.792. The normalized spacial score (nSPS) is 18.5. The average molecular weight is 795 g/mol. The maximum absolute atomic E-state index is 13.8. The van der Waals surface area contributed by atoms with Gasteiger partial charge < -0.3 is 38.4 Å². The molecule has 1 fully saturated rings. The number of carbonyl (C=O) groups is 1. The number of aromatic nitrogens is 2. The van der Waals surface area contributed by atoms with Gasteiger partial charge in [0.05, 0.1) is 20.8 Å². The molecule has 5 aromatic rings. The van der Waals surface area contributed by atoms with E-state index in [0.29, 0.717) is 35.5 Å². The minimum atomic E-state index is -2.42. The Morgan fingerprint density at radius 2 is 1.51 bits per heavy atom. The van der Waals surface area contributed by atoms with E-state index < -0.39 is 50.3 Å². The average Bonchev–Trinajstić information content (AvgIpc) is 3.57. The lowest BCUT2D eigenvalue weighted by molar-refractivity contribution is -0.0974. The summed E-state index contributed by atoms with van der Waals surface area (Å²) in [5.41, 5.74) is 7.30. The molecule has 14 heteroatoms. The van der Waals surface area contributed by atoms with Gasteiger partial charge in [0, 0.05) is 23.9 Å². The molecule has 0 aliphatic carbocycles. The van der Waals surface area contributed by atoms with Gasteiger partial charge in [-0.05, 0) is 72.9 Å². The summed E-state index contributed by atoms with van der Waals surface area (Å²) in [5, 5.41) is 2.73. The Bertz CT molecular complexity index is 2090. The van der Waals surface area contributed by atoms with E-state index in [4.69, 9.17) is 33.7 Å². The van der Waals surface area contributed by atoms with Crippen molar-refractivity contribution in [1.82, 2.24) is 9.55 Å². The lowest BCUT2D eigenvalue weighted by Gasteiger charge is -2.37. The van der Waals surface area contributed by atoms with Crippen LogP contribution in [0.1, 0.15) is 51.7 Å². The largest absolute Gasteiger partial charge is 0.497 e. The van der Waals surface area contributed by atoms with E-state index in [1.807, 2.05) is 78.9 Å². The van der Waals surface area contributed by atoms with Crippen molar-refractivity contribution in [2.75, 3.05) is 32.8 Å². The van der Waals surface area contributed by atoms with Crippen LogP contribution in [0, 0.1) is 6.92 Å². The topological polar surface area (TPSA) is 166 Å². The third kappa shape index (κ3) is 9.49. The molecular formula is C43H47N4O9P. The van der Waals surface area contributed by atoms with Gasteiger partial charge in [0.1, 0.15) is 41.2 Å². The number of allylic oxidation sites excluding steroid dienone is 1. The van der Waals surface area contributed by atoms with Gasteiger partial charge in [0.25, 0.3) is 14.4 Å². The fraction of sp³-hybridized carbons (Fsp3) is 0.279. The zero-order valence-corrected chi connectivity index (χ0v) is 32.9. The molecule has 1 aromatic heterocycles. The number of unbranched alkanes of at least 4 members (excludes halogenated alkanes) is 1. The number of anilines is 1. The number of benzene rings is 4. The third-order valence-electron chi connectivity index (χ3n) is 9.69. The Morgan fingerprint density at radius 3 is 2.07 bits per heavy atom. The summed E-state index contributed by atoms with van der Waals surface area (Å²) in [5.74, 6) is 1.03. The highest BCUT2D eigenvalue weighted by atomic mass is 31.2. The number of nitrogens with one attached hydrogen (secondary N) is 1. The molecule has 1 saturated heterocycles. The van der Waals surface area contributed by atoms with Crippen LogP contribution in [0.4, 0.5) is 5.82 Å². The van der Waals surface area contributed by atoms with Crippen LogP contribution in [0.25, 0.3) is 0 Å². The second-order valence-corrected chi connectivity index (χ2v) is 14.1. The van der Waals surface area contributed by atoms with Crippen LogP contribution in [-0.4, -0.2) is 66.1 Å². The number of nitrogens with zero attached hydrogens (tertiary/aromatic N) is 2. The molecule has 1 aliphatic heterocycles. The lowest BCUT2D eigenvalue weighted by Crippen LogP contribution is -2.42. The van der Waals surface area contributed by atoms with E-state index in [0.717, 1.165) is 16.7 Å². The van der Waals surface area contributed by atoms with E-state index in [9.17, 15) is 14.5 Å². The smallest absolute Gasteiger partial charge is 0.351 e. The van der Waals surface area contributed by atoms with E-state index in [-0.39, 0.29) is 19.0 Å². The molecule has 4 aromatic carbocycles. The molecule has 0 radical (unpaired) electrons. The van der Waals surface area contributed by atoms with Gasteiger partial charge in [-0.25, -0.2) is 4.79 Å². The number of hydrogen-bond donors (Lipinski definition) is 3. The molecule has 4 N–H and O–H groups in total. The van der Waals surface area contributed by atoms with Crippen LogP contribution in [0.2, 0.25) is 0 Å². The van der Waals surface area contributed by atoms with Crippen molar-refractivity contribution in [3.8, 4) is 11.5 Å². The minimum absolute atomic E-state index is 0.103. The monoisotopic (exact) mass is 794 g/mol. The number of hydrogen-bond acceptors (Lipinski definition) is 11. The molecule has 6 rings (SSSR count). The quantitative estimate of drug-likeness (QED) is 0.0377. The highest BCUT2D eigenvalue weighted by Crippen LogP contribution is 2.44. The molecule has 1 unspecified atom stereocenters. The van der Waals surface area contributed by atoms with Gasteiger partial charge in [0.15, 0.2) is 6.23 Å². The fourth-order valence-corrected chi connectivity index (χ4v) is 7.37. The van der Waals surface area contributed by atoms with Crippen LogP contribution >= 0.6 is 8.53 Å². The van der Waals surface area contributed by atoms with Crippen molar-refractivity contribution in [2.24, 2.45) is 5.50 Å². The SMILES string of the molecule is C=CCCCO[C@@H]1[C@H](OP(N)O)[C@@H](COC(c2ccccc2)(c2ccc(OC)cc2)c2ccc(OC)cc2)O[C@H]1n1cc(C)c(NC(=O)c2ccccc2)nc1=O. The molecule has 1 aliphatic rings. The zero-order valence-electron chi connectivity index (χ0n) is 32.0. The number of rotatable bonds is 18. The van der Waals surface area contributed by atoms with Crippen molar-refractivity contribution in [2.45, 2.75) is 49.9 Å². The Labute approximate surface area is 333 Å². The Hall–Kier alpha value is -5.24. The minimum Gasteiger partial charge on any atom is -0.497 e. The molecule has 0 spiro atoms. The number of amides is 1. The third-order valence-corrected chi connectivity index (χ3v) is 10.2. The second-order valence-electron chi connectivity index (χ2n) is 13.3. The highest BCUT2D eigenvalue weighted by molar-refractivity contribution is 7.43. The van der Waals surface area contributed by atoms with Crippen molar-refractivity contribution in [3.05, 3.63) is 166 Å². The number of methoxy groups -OCH3 is 2. The van der Waals surface area contributed by atoms with Crippen LogP contribution in [0.5, 0.6) is 11.5 Å². The Morgan fingerprint density at radius 1 is 0.930 bits per heavy atom. The number of nitrogens with two attached hydrogens (primary N) is 1. The van der Waals surface area contributed by atoms with Gasteiger partial charge >= 0.3 is 5.69 Å². The van der Waals surface area contributed by atoms with E-state index in [1.165, 1.54) is 4.57 Å². The molecule has 5 atom stereocenters. The van der Waals surface area contributed by atoms with E-state index >= 15 is 0 Å². The first-order chi connectivity index (χ1) is 27.7. The maximum Gasteiger partial charge on any atom is 0.351 e. The molecule has 13 nitrogen and oxygen atoms in total. The predicted octanol–water partition coefficient (Wildman–Crippen LogP) is 6.64. The molecule has 298 valence electrons. The first-order valence-electron chi connectivity index (χ1n) is 18.4.